The highest BCUT2D eigenvalue weighted by molar-refractivity contribution is 6.33. The average molecular weight is 455 g/mol. The van der Waals surface area contributed by atoms with Crippen molar-refractivity contribution in [3.8, 4) is 0 Å². The van der Waals surface area contributed by atoms with Crippen molar-refractivity contribution in [3.63, 3.8) is 0 Å². The largest absolute Gasteiger partial charge is 0.417 e. The lowest BCUT2D eigenvalue weighted by Crippen LogP contribution is -2.36. The zero-order valence-corrected chi connectivity index (χ0v) is 18.3. The Kier molecular flexibility index (Phi) is 7.43. The molecule has 2 heterocycles. The summed E-state index contributed by atoms with van der Waals surface area (Å²) in [5, 5.41) is 2.98. The fourth-order valence-corrected chi connectivity index (χ4v) is 3.95. The van der Waals surface area contributed by atoms with Crippen LogP contribution in [0.2, 0.25) is 5.02 Å². The Morgan fingerprint density at radius 1 is 1.19 bits per heavy atom. The summed E-state index contributed by atoms with van der Waals surface area (Å²) in [5.41, 5.74) is 1.04. The summed E-state index contributed by atoms with van der Waals surface area (Å²) in [5.74, 6) is 0.545. The lowest BCUT2D eigenvalue weighted by Gasteiger charge is -2.24. The van der Waals surface area contributed by atoms with Gasteiger partial charge in [0.05, 0.1) is 17.1 Å². The van der Waals surface area contributed by atoms with Gasteiger partial charge in [-0.1, -0.05) is 43.6 Å². The molecule has 1 fully saturated rings. The number of benzene rings is 1. The maximum Gasteiger partial charge on any atom is 0.417 e. The van der Waals surface area contributed by atoms with Crippen molar-refractivity contribution in [2.45, 2.75) is 32.4 Å². The van der Waals surface area contributed by atoms with Crippen LogP contribution in [0, 0.1) is 0 Å². The Morgan fingerprint density at radius 2 is 1.94 bits per heavy atom. The van der Waals surface area contributed by atoms with Crippen LogP contribution in [0.25, 0.3) is 0 Å². The van der Waals surface area contributed by atoms with Crippen molar-refractivity contribution in [2.24, 2.45) is 0 Å². The molecule has 1 saturated heterocycles. The number of pyridine rings is 1. The Labute approximate surface area is 185 Å². The Balaban J connectivity index is 1.60. The number of alkyl halides is 3. The predicted octanol–water partition coefficient (Wildman–Crippen LogP) is 5.03. The van der Waals surface area contributed by atoms with Crippen molar-refractivity contribution >= 4 is 29.0 Å². The monoisotopic (exact) mass is 454 g/mol. The third-order valence-electron chi connectivity index (χ3n) is 5.26. The van der Waals surface area contributed by atoms with Gasteiger partial charge < -0.3 is 10.2 Å². The van der Waals surface area contributed by atoms with Crippen LogP contribution in [-0.4, -0.2) is 48.5 Å². The first-order chi connectivity index (χ1) is 14.6. The van der Waals surface area contributed by atoms with E-state index >= 15 is 0 Å². The molecule has 1 amide bonds. The van der Waals surface area contributed by atoms with E-state index in [9.17, 15) is 18.0 Å². The average Bonchev–Trinajstić information content (AvgIpc) is 2.93. The highest BCUT2D eigenvalue weighted by Gasteiger charge is 2.32. The van der Waals surface area contributed by atoms with Crippen LogP contribution in [0.1, 0.15) is 37.3 Å². The fourth-order valence-electron chi connectivity index (χ4n) is 3.67. The number of hydrogen-bond acceptors (Lipinski definition) is 4. The van der Waals surface area contributed by atoms with Crippen LogP contribution in [0.3, 0.4) is 0 Å². The molecule has 9 heteroatoms. The molecule has 2 aromatic rings. The third kappa shape index (κ3) is 6.11. The number of nitrogens with zero attached hydrogens (tertiary/aromatic N) is 3. The van der Waals surface area contributed by atoms with Gasteiger partial charge in [0.2, 0.25) is 5.91 Å². The lowest BCUT2D eigenvalue weighted by molar-refractivity contribution is -0.137. The summed E-state index contributed by atoms with van der Waals surface area (Å²) in [6.07, 6.45) is -2.93. The standard InChI is InChI=1S/C22H26ClF3N4O/c1-15(2)17-6-3-4-7-19(17)28-20(31)14-29-8-5-9-30(11-10-29)21-18(23)12-16(13-27-21)22(24,25)26/h3-4,6-7,12-13,15H,5,8-11,14H2,1-2H3,(H,28,31). The van der Waals surface area contributed by atoms with E-state index in [0.29, 0.717) is 37.9 Å². The smallest absolute Gasteiger partial charge is 0.354 e. The molecule has 1 aromatic carbocycles. The van der Waals surface area contributed by atoms with E-state index in [1.54, 1.807) is 0 Å². The number of aromatic nitrogens is 1. The van der Waals surface area contributed by atoms with E-state index in [2.05, 4.69) is 24.1 Å². The number of carbonyl (C=O) groups excluding carboxylic acids is 1. The molecule has 31 heavy (non-hydrogen) atoms. The van der Waals surface area contributed by atoms with Crippen LogP contribution in [0.4, 0.5) is 24.7 Å². The summed E-state index contributed by atoms with van der Waals surface area (Å²) < 4.78 is 38.5. The van der Waals surface area contributed by atoms with Crippen molar-refractivity contribution in [3.05, 3.63) is 52.7 Å². The number of nitrogens with one attached hydrogen (secondary N) is 1. The molecule has 168 valence electrons. The summed E-state index contributed by atoms with van der Waals surface area (Å²) in [4.78, 5) is 20.5. The minimum atomic E-state index is -4.48. The molecule has 1 aliphatic rings. The number of para-hydroxylation sites is 1. The van der Waals surface area contributed by atoms with E-state index in [1.807, 2.05) is 34.1 Å². The molecule has 0 saturated carbocycles. The number of anilines is 2. The van der Waals surface area contributed by atoms with Gasteiger partial charge in [-0.3, -0.25) is 9.69 Å². The maximum atomic E-state index is 12.8. The van der Waals surface area contributed by atoms with Gasteiger partial charge in [-0.05, 0) is 30.0 Å². The van der Waals surface area contributed by atoms with Gasteiger partial charge in [0.15, 0.2) is 0 Å². The van der Waals surface area contributed by atoms with Gasteiger partial charge in [0.25, 0.3) is 0 Å². The number of hydrogen-bond donors (Lipinski definition) is 1. The maximum absolute atomic E-state index is 12.8. The van der Waals surface area contributed by atoms with E-state index in [1.165, 1.54) is 0 Å². The van der Waals surface area contributed by atoms with Crippen molar-refractivity contribution in [1.29, 1.82) is 0 Å². The highest BCUT2D eigenvalue weighted by Crippen LogP contribution is 2.33. The first kappa shape index (κ1) is 23.3. The minimum absolute atomic E-state index is 0.0219. The summed E-state index contributed by atoms with van der Waals surface area (Å²) in [7, 11) is 0. The van der Waals surface area contributed by atoms with E-state index in [0.717, 1.165) is 29.9 Å². The van der Waals surface area contributed by atoms with Crippen molar-refractivity contribution < 1.29 is 18.0 Å². The Hall–Kier alpha value is -2.32. The fraction of sp³-hybridized carbons (Fsp3) is 0.455. The molecule has 5 nitrogen and oxygen atoms in total. The predicted molar refractivity (Wildman–Crippen MR) is 117 cm³/mol. The number of rotatable bonds is 5. The number of amides is 1. The van der Waals surface area contributed by atoms with Crippen LogP contribution in [-0.2, 0) is 11.0 Å². The SMILES string of the molecule is CC(C)c1ccccc1NC(=O)CN1CCCN(c2ncc(C(F)(F)F)cc2Cl)CC1. The lowest BCUT2D eigenvalue weighted by atomic mass is 10.0. The molecule has 3 rings (SSSR count). The molecule has 1 aliphatic heterocycles. The summed E-state index contributed by atoms with van der Waals surface area (Å²) in [6, 6.07) is 8.66. The van der Waals surface area contributed by atoms with Gasteiger partial charge in [-0.15, -0.1) is 0 Å². The van der Waals surface area contributed by atoms with Gasteiger partial charge >= 0.3 is 6.18 Å². The number of carbonyl (C=O) groups is 1. The molecule has 0 radical (unpaired) electrons. The van der Waals surface area contributed by atoms with Crippen LogP contribution < -0.4 is 10.2 Å². The van der Waals surface area contributed by atoms with E-state index in [-0.39, 0.29) is 17.5 Å². The second-order valence-corrected chi connectivity index (χ2v) is 8.34. The molecular formula is C22H26ClF3N4O. The molecule has 0 spiro atoms. The zero-order valence-electron chi connectivity index (χ0n) is 17.5. The van der Waals surface area contributed by atoms with Gasteiger partial charge in [0.1, 0.15) is 5.82 Å². The molecular weight excluding hydrogens is 429 g/mol. The highest BCUT2D eigenvalue weighted by atomic mass is 35.5. The molecule has 1 N–H and O–H groups in total. The number of halogens is 4. The molecule has 0 unspecified atom stereocenters. The molecule has 0 aliphatic carbocycles. The van der Waals surface area contributed by atoms with Crippen LogP contribution in [0.5, 0.6) is 0 Å². The summed E-state index contributed by atoms with van der Waals surface area (Å²) >= 11 is 6.09. The van der Waals surface area contributed by atoms with Crippen molar-refractivity contribution in [2.75, 3.05) is 42.9 Å². The summed E-state index contributed by atoms with van der Waals surface area (Å²) in [6.45, 7) is 6.81. The van der Waals surface area contributed by atoms with Gasteiger partial charge in [0, 0.05) is 38.1 Å². The van der Waals surface area contributed by atoms with Gasteiger partial charge in [-0.2, -0.15) is 13.2 Å². The minimum Gasteiger partial charge on any atom is -0.354 e. The topological polar surface area (TPSA) is 48.5 Å². The quantitative estimate of drug-likeness (QED) is 0.688. The molecule has 1 aromatic heterocycles. The van der Waals surface area contributed by atoms with Crippen LogP contribution in [0.15, 0.2) is 36.5 Å². The zero-order chi connectivity index (χ0) is 22.6. The first-order valence-corrected chi connectivity index (χ1v) is 10.6. The van der Waals surface area contributed by atoms with E-state index < -0.39 is 11.7 Å². The molecule has 0 bridgehead atoms. The second kappa shape index (κ2) is 9.87. The van der Waals surface area contributed by atoms with Crippen LogP contribution >= 0.6 is 11.6 Å². The second-order valence-electron chi connectivity index (χ2n) is 7.93. The Morgan fingerprint density at radius 3 is 2.61 bits per heavy atom. The third-order valence-corrected chi connectivity index (χ3v) is 5.54. The molecule has 0 atom stereocenters. The van der Waals surface area contributed by atoms with E-state index in [4.69, 9.17) is 11.6 Å². The Bertz CT molecular complexity index is 920. The normalized spacial score (nSPS) is 15.8. The van der Waals surface area contributed by atoms with Gasteiger partial charge in [-0.25, -0.2) is 4.98 Å². The van der Waals surface area contributed by atoms with Crippen molar-refractivity contribution in [1.82, 2.24) is 9.88 Å². The first-order valence-electron chi connectivity index (χ1n) is 10.2.